The standard InChI is InChI=1S/C13H15N3OS/c1-16(11-5-3-2-4-6-11)12(17)8-7-10-9-18-13(14)15-10/h2-6,9H,7-8H2,1H3,(H2,14,15). The number of para-hydroxylation sites is 1. The lowest BCUT2D eigenvalue weighted by molar-refractivity contribution is -0.118. The monoisotopic (exact) mass is 261 g/mol. The summed E-state index contributed by atoms with van der Waals surface area (Å²) in [4.78, 5) is 17.8. The molecule has 2 rings (SSSR count). The Kier molecular flexibility index (Phi) is 3.94. The van der Waals surface area contributed by atoms with Crippen LogP contribution < -0.4 is 10.6 Å². The van der Waals surface area contributed by atoms with Gasteiger partial charge in [0.15, 0.2) is 5.13 Å². The lowest BCUT2D eigenvalue weighted by atomic mass is 10.2. The number of hydrogen-bond donors (Lipinski definition) is 1. The van der Waals surface area contributed by atoms with Crippen LogP contribution in [0.25, 0.3) is 0 Å². The van der Waals surface area contributed by atoms with Crippen LogP contribution in [-0.2, 0) is 11.2 Å². The number of nitrogen functional groups attached to an aromatic ring is 1. The fourth-order valence-corrected chi connectivity index (χ4v) is 2.23. The van der Waals surface area contributed by atoms with Crippen LogP contribution in [0.4, 0.5) is 10.8 Å². The molecule has 1 amide bonds. The van der Waals surface area contributed by atoms with Gasteiger partial charge in [0, 0.05) is 24.5 Å². The maximum Gasteiger partial charge on any atom is 0.227 e. The van der Waals surface area contributed by atoms with E-state index in [4.69, 9.17) is 5.73 Å². The fraction of sp³-hybridized carbons (Fsp3) is 0.231. The molecule has 4 nitrogen and oxygen atoms in total. The van der Waals surface area contributed by atoms with E-state index in [1.165, 1.54) is 11.3 Å². The highest BCUT2D eigenvalue weighted by molar-refractivity contribution is 7.13. The van der Waals surface area contributed by atoms with E-state index in [2.05, 4.69) is 4.98 Å². The molecule has 94 valence electrons. The van der Waals surface area contributed by atoms with Gasteiger partial charge in [0.05, 0.1) is 5.69 Å². The van der Waals surface area contributed by atoms with E-state index in [1.807, 2.05) is 35.7 Å². The largest absolute Gasteiger partial charge is 0.375 e. The summed E-state index contributed by atoms with van der Waals surface area (Å²) < 4.78 is 0. The summed E-state index contributed by atoms with van der Waals surface area (Å²) in [6.45, 7) is 0. The van der Waals surface area contributed by atoms with Gasteiger partial charge in [-0.15, -0.1) is 11.3 Å². The molecule has 2 aromatic rings. The Balaban J connectivity index is 1.92. The first-order chi connectivity index (χ1) is 8.66. The molecule has 0 spiro atoms. The predicted octanol–water partition coefficient (Wildman–Crippen LogP) is 2.32. The van der Waals surface area contributed by atoms with Crippen LogP contribution in [0.1, 0.15) is 12.1 Å². The molecule has 0 aliphatic carbocycles. The average molecular weight is 261 g/mol. The van der Waals surface area contributed by atoms with Gasteiger partial charge in [-0.25, -0.2) is 4.98 Å². The van der Waals surface area contributed by atoms with Crippen LogP contribution in [0, 0.1) is 0 Å². The number of anilines is 2. The van der Waals surface area contributed by atoms with Crippen LogP contribution in [-0.4, -0.2) is 17.9 Å². The van der Waals surface area contributed by atoms with Crippen molar-refractivity contribution in [2.75, 3.05) is 17.7 Å². The SMILES string of the molecule is CN(C(=O)CCc1csc(N)n1)c1ccccc1. The molecule has 0 aliphatic rings. The molecule has 1 aromatic carbocycles. The minimum Gasteiger partial charge on any atom is -0.375 e. The summed E-state index contributed by atoms with van der Waals surface area (Å²) >= 11 is 1.40. The highest BCUT2D eigenvalue weighted by Crippen LogP contribution is 2.15. The Morgan fingerprint density at radius 1 is 1.39 bits per heavy atom. The van der Waals surface area contributed by atoms with Crippen molar-refractivity contribution in [2.24, 2.45) is 0 Å². The topological polar surface area (TPSA) is 59.2 Å². The lowest BCUT2D eigenvalue weighted by Gasteiger charge is -2.16. The zero-order valence-electron chi connectivity index (χ0n) is 10.2. The third-order valence-corrected chi connectivity index (χ3v) is 3.40. The molecular formula is C13H15N3OS. The Hall–Kier alpha value is -1.88. The van der Waals surface area contributed by atoms with Crippen molar-refractivity contribution in [1.82, 2.24) is 4.98 Å². The zero-order chi connectivity index (χ0) is 13.0. The van der Waals surface area contributed by atoms with E-state index in [1.54, 1.807) is 11.9 Å². The molecule has 1 aromatic heterocycles. The Morgan fingerprint density at radius 2 is 2.11 bits per heavy atom. The summed E-state index contributed by atoms with van der Waals surface area (Å²) in [5, 5.41) is 2.44. The Morgan fingerprint density at radius 3 is 2.72 bits per heavy atom. The highest BCUT2D eigenvalue weighted by atomic mass is 32.1. The third kappa shape index (κ3) is 3.07. The average Bonchev–Trinajstić information content (AvgIpc) is 2.82. The maximum absolute atomic E-state index is 12.0. The molecular weight excluding hydrogens is 246 g/mol. The minimum absolute atomic E-state index is 0.0766. The van der Waals surface area contributed by atoms with E-state index in [0.717, 1.165) is 11.4 Å². The number of benzene rings is 1. The number of nitrogens with two attached hydrogens (primary N) is 1. The van der Waals surface area contributed by atoms with Crippen molar-refractivity contribution in [3.63, 3.8) is 0 Å². The van der Waals surface area contributed by atoms with Crippen molar-refractivity contribution in [3.8, 4) is 0 Å². The van der Waals surface area contributed by atoms with E-state index >= 15 is 0 Å². The molecule has 0 radical (unpaired) electrons. The number of amides is 1. The predicted molar refractivity (Wildman–Crippen MR) is 74.7 cm³/mol. The number of aryl methyl sites for hydroxylation is 1. The first-order valence-electron chi connectivity index (χ1n) is 5.68. The highest BCUT2D eigenvalue weighted by Gasteiger charge is 2.11. The van der Waals surface area contributed by atoms with Crippen molar-refractivity contribution in [1.29, 1.82) is 0 Å². The minimum atomic E-state index is 0.0766. The Bertz CT molecular complexity index is 524. The van der Waals surface area contributed by atoms with Gasteiger partial charge < -0.3 is 10.6 Å². The zero-order valence-corrected chi connectivity index (χ0v) is 11.0. The second kappa shape index (κ2) is 5.64. The van der Waals surface area contributed by atoms with Crippen molar-refractivity contribution >= 4 is 28.1 Å². The molecule has 1 heterocycles. The molecule has 0 saturated heterocycles. The first kappa shape index (κ1) is 12.6. The quantitative estimate of drug-likeness (QED) is 0.918. The molecule has 2 N–H and O–H groups in total. The summed E-state index contributed by atoms with van der Waals surface area (Å²) in [6, 6.07) is 9.60. The van der Waals surface area contributed by atoms with Crippen molar-refractivity contribution < 1.29 is 4.79 Å². The number of aromatic nitrogens is 1. The number of carbonyl (C=O) groups excluding carboxylic acids is 1. The second-order valence-electron chi connectivity index (χ2n) is 3.97. The first-order valence-corrected chi connectivity index (χ1v) is 6.56. The van der Waals surface area contributed by atoms with Crippen LogP contribution >= 0.6 is 11.3 Å². The summed E-state index contributed by atoms with van der Waals surface area (Å²) in [5.41, 5.74) is 7.33. The maximum atomic E-state index is 12.0. The van der Waals surface area contributed by atoms with Gasteiger partial charge in [0.1, 0.15) is 0 Å². The molecule has 0 atom stereocenters. The fourth-order valence-electron chi connectivity index (χ4n) is 1.64. The van der Waals surface area contributed by atoms with Gasteiger partial charge in [-0.05, 0) is 18.6 Å². The van der Waals surface area contributed by atoms with Gasteiger partial charge in [-0.3, -0.25) is 4.79 Å². The lowest BCUT2D eigenvalue weighted by Crippen LogP contribution is -2.26. The van der Waals surface area contributed by atoms with Gasteiger partial charge in [-0.2, -0.15) is 0 Å². The van der Waals surface area contributed by atoms with Crippen LogP contribution in [0.15, 0.2) is 35.7 Å². The van der Waals surface area contributed by atoms with E-state index in [-0.39, 0.29) is 5.91 Å². The molecule has 5 heteroatoms. The number of nitrogens with zero attached hydrogens (tertiary/aromatic N) is 2. The Labute approximate surface area is 110 Å². The number of hydrogen-bond acceptors (Lipinski definition) is 4. The van der Waals surface area contributed by atoms with Gasteiger partial charge in [-0.1, -0.05) is 18.2 Å². The normalized spacial score (nSPS) is 10.3. The second-order valence-corrected chi connectivity index (χ2v) is 4.86. The summed E-state index contributed by atoms with van der Waals surface area (Å²) in [7, 11) is 1.78. The van der Waals surface area contributed by atoms with Crippen LogP contribution in [0.2, 0.25) is 0 Å². The summed E-state index contributed by atoms with van der Waals surface area (Å²) in [6.07, 6.45) is 1.07. The van der Waals surface area contributed by atoms with Crippen LogP contribution in [0.3, 0.4) is 0 Å². The van der Waals surface area contributed by atoms with Gasteiger partial charge >= 0.3 is 0 Å². The third-order valence-electron chi connectivity index (χ3n) is 2.68. The molecule has 18 heavy (non-hydrogen) atoms. The van der Waals surface area contributed by atoms with E-state index in [0.29, 0.717) is 18.0 Å². The number of carbonyl (C=O) groups is 1. The number of rotatable bonds is 4. The molecule has 0 aliphatic heterocycles. The number of thiazole rings is 1. The molecule has 0 saturated carbocycles. The van der Waals surface area contributed by atoms with Gasteiger partial charge in [0.2, 0.25) is 5.91 Å². The molecule has 0 bridgehead atoms. The molecule has 0 unspecified atom stereocenters. The van der Waals surface area contributed by atoms with E-state index < -0.39 is 0 Å². The smallest absolute Gasteiger partial charge is 0.227 e. The van der Waals surface area contributed by atoms with Crippen molar-refractivity contribution in [2.45, 2.75) is 12.8 Å². The summed E-state index contributed by atoms with van der Waals surface area (Å²) in [5.74, 6) is 0.0766. The van der Waals surface area contributed by atoms with Gasteiger partial charge in [0.25, 0.3) is 0 Å². The van der Waals surface area contributed by atoms with E-state index in [9.17, 15) is 4.79 Å². The van der Waals surface area contributed by atoms with Crippen molar-refractivity contribution in [3.05, 3.63) is 41.4 Å². The van der Waals surface area contributed by atoms with Crippen LogP contribution in [0.5, 0.6) is 0 Å². The molecule has 0 fully saturated rings.